The van der Waals surface area contributed by atoms with Crippen LogP contribution >= 0.6 is 0 Å². The molecule has 0 fully saturated rings. The SMILES string of the molecule is CC(=O)c1cc(C)ccc1[18F]. The first-order valence-electron chi connectivity index (χ1n) is 3.38. The van der Waals surface area contributed by atoms with Crippen LogP contribution in [0, 0.1) is 12.7 Å². The molecule has 0 aliphatic carbocycles. The molecule has 0 aliphatic rings. The minimum Gasteiger partial charge on any atom is -0.294 e. The van der Waals surface area contributed by atoms with E-state index in [1.807, 2.05) is 6.92 Å². The zero-order valence-electron chi connectivity index (χ0n) is 6.52. The lowest BCUT2D eigenvalue weighted by Gasteiger charge is -1.98. The van der Waals surface area contributed by atoms with Crippen LogP contribution in [0.3, 0.4) is 0 Å². The maximum absolute atomic E-state index is 12.8. The molecule has 2 heteroatoms. The second-order valence-electron chi connectivity index (χ2n) is 2.54. The van der Waals surface area contributed by atoms with E-state index in [1.165, 1.54) is 13.0 Å². The number of rotatable bonds is 1. The van der Waals surface area contributed by atoms with E-state index >= 15 is 0 Å². The van der Waals surface area contributed by atoms with E-state index in [0.717, 1.165) is 5.56 Å². The molecule has 0 aromatic heterocycles. The lowest BCUT2D eigenvalue weighted by molar-refractivity contribution is 0.101. The highest BCUT2D eigenvalue weighted by Crippen LogP contribution is 2.09. The fourth-order valence-electron chi connectivity index (χ4n) is 0.909. The summed E-state index contributed by atoms with van der Waals surface area (Å²) in [6, 6.07) is 4.51. The van der Waals surface area contributed by atoms with Gasteiger partial charge >= 0.3 is 0 Å². The molecule has 0 radical (unpaired) electrons. The minimum atomic E-state index is -0.442. The molecule has 11 heavy (non-hydrogen) atoms. The van der Waals surface area contributed by atoms with Crippen LogP contribution in [0.2, 0.25) is 0 Å². The number of carbonyl (C=O) groups excluding carboxylic acids is 1. The van der Waals surface area contributed by atoms with Gasteiger partial charge in [0.15, 0.2) is 5.78 Å². The molecule has 0 saturated heterocycles. The van der Waals surface area contributed by atoms with E-state index in [4.69, 9.17) is 0 Å². The number of aryl methyl sites for hydroxylation is 1. The molecule has 0 bridgehead atoms. The van der Waals surface area contributed by atoms with E-state index in [9.17, 15) is 9.18 Å². The first-order chi connectivity index (χ1) is 5.11. The van der Waals surface area contributed by atoms with Crippen molar-refractivity contribution < 1.29 is 9.18 Å². The summed E-state index contributed by atoms with van der Waals surface area (Å²) in [5.41, 5.74) is 1.07. The molecule has 1 aromatic carbocycles. The Morgan fingerprint density at radius 2 is 2.09 bits per heavy atom. The normalized spacial score (nSPS) is 9.73. The third-order valence-corrected chi connectivity index (χ3v) is 1.50. The Bertz CT molecular complexity index is 292. The summed E-state index contributed by atoms with van der Waals surface area (Å²) in [4.78, 5) is 10.8. The van der Waals surface area contributed by atoms with Crippen molar-refractivity contribution in [1.29, 1.82) is 0 Å². The Balaban J connectivity index is 3.23. The van der Waals surface area contributed by atoms with Gasteiger partial charge in [-0.25, -0.2) is 4.39 Å². The lowest BCUT2D eigenvalue weighted by Crippen LogP contribution is -1.96. The Morgan fingerprint density at radius 1 is 1.45 bits per heavy atom. The Labute approximate surface area is 64.9 Å². The fraction of sp³-hybridized carbons (Fsp3) is 0.222. The van der Waals surface area contributed by atoms with E-state index in [2.05, 4.69) is 0 Å². The minimum absolute atomic E-state index is 0.171. The van der Waals surface area contributed by atoms with Gasteiger partial charge in [0.05, 0.1) is 5.56 Å². The third kappa shape index (κ3) is 1.64. The summed E-state index contributed by atoms with van der Waals surface area (Å²) < 4.78 is 12.8. The summed E-state index contributed by atoms with van der Waals surface area (Å²) in [5, 5.41) is 0. The molecule has 0 saturated carbocycles. The number of hydrogen-bond acceptors (Lipinski definition) is 1. The molecule has 0 atom stereocenters. The van der Waals surface area contributed by atoms with Gasteiger partial charge in [0, 0.05) is 0 Å². The number of Topliss-reactive ketones (excluding diaryl/α,β-unsaturated/α-hetero) is 1. The Hall–Kier alpha value is -1.18. The Morgan fingerprint density at radius 3 is 2.55 bits per heavy atom. The number of benzene rings is 1. The van der Waals surface area contributed by atoms with Gasteiger partial charge in [-0.3, -0.25) is 4.79 Å². The van der Waals surface area contributed by atoms with E-state index < -0.39 is 5.82 Å². The summed E-state index contributed by atoms with van der Waals surface area (Å²) in [5.74, 6) is -0.672. The van der Waals surface area contributed by atoms with Crippen LogP contribution in [0.15, 0.2) is 18.2 Å². The van der Waals surface area contributed by atoms with Crippen molar-refractivity contribution in [2.45, 2.75) is 13.8 Å². The van der Waals surface area contributed by atoms with Crippen molar-refractivity contribution in [2.75, 3.05) is 0 Å². The topological polar surface area (TPSA) is 17.1 Å². The molecule has 1 rings (SSSR count). The van der Waals surface area contributed by atoms with Crippen molar-refractivity contribution in [3.05, 3.63) is 35.1 Å². The highest BCUT2D eigenvalue weighted by molar-refractivity contribution is 5.94. The maximum Gasteiger partial charge on any atom is 0.162 e. The van der Waals surface area contributed by atoms with Crippen molar-refractivity contribution in [2.24, 2.45) is 0 Å². The smallest absolute Gasteiger partial charge is 0.162 e. The number of ketones is 1. The molecular weight excluding hydrogens is 142 g/mol. The van der Waals surface area contributed by atoms with Gasteiger partial charge in [0.2, 0.25) is 0 Å². The summed E-state index contributed by atoms with van der Waals surface area (Å²) >= 11 is 0. The molecule has 0 unspecified atom stereocenters. The van der Waals surface area contributed by atoms with E-state index in [1.54, 1.807) is 12.1 Å². The molecule has 0 heterocycles. The average molecular weight is 151 g/mol. The van der Waals surface area contributed by atoms with E-state index in [-0.39, 0.29) is 11.3 Å². The zero-order chi connectivity index (χ0) is 8.43. The molecule has 1 aromatic rings. The van der Waals surface area contributed by atoms with Crippen LogP contribution < -0.4 is 0 Å². The van der Waals surface area contributed by atoms with Crippen LogP contribution in [0.25, 0.3) is 0 Å². The summed E-state index contributed by atoms with van der Waals surface area (Å²) in [6.07, 6.45) is 0. The van der Waals surface area contributed by atoms with Crippen LogP contribution in [0.5, 0.6) is 0 Å². The number of halogens is 1. The second kappa shape index (κ2) is 2.82. The lowest BCUT2D eigenvalue weighted by atomic mass is 10.1. The van der Waals surface area contributed by atoms with Gasteiger partial charge in [-0.1, -0.05) is 11.6 Å². The van der Waals surface area contributed by atoms with Crippen molar-refractivity contribution in [1.82, 2.24) is 0 Å². The monoisotopic (exact) mass is 151 g/mol. The molecular formula is C9H9FO. The van der Waals surface area contributed by atoms with Crippen molar-refractivity contribution >= 4 is 5.78 Å². The second-order valence-corrected chi connectivity index (χ2v) is 2.54. The highest BCUT2D eigenvalue weighted by Gasteiger charge is 2.05. The predicted molar refractivity (Wildman–Crippen MR) is 41.1 cm³/mol. The predicted octanol–water partition coefficient (Wildman–Crippen LogP) is 2.34. The fourth-order valence-corrected chi connectivity index (χ4v) is 0.909. The van der Waals surface area contributed by atoms with Crippen LogP contribution in [0.4, 0.5) is 4.39 Å². The molecule has 1 nitrogen and oxygen atoms in total. The quantitative estimate of drug-likeness (QED) is 0.563. The van der Waals surface area contributed by atoms with Gasteiger partial charge in [-0.2, -0.15) is 0 Å². The van der Waals surface area contributed by atoms with Gasteiger partial charge < -0.3 is 0 Å². The van der Waals surface area contributed by atoms with Gasteiger partial charge in [-0.15, -0.1) is 0 Å². The van der Waals surface area contributed by atoms with Gasteiger partial charge in [-0.05, 0) is 26.0 Å². The molecule has 58 valence electrons. The summed E-state index contributed by atoms with van der Waals surface area (Å²) in [6.45, 7) is 3.18. The average Bonchev–Trinajstić information content (AvgIpc) is 1.94. The molecule has 0 amide bonds. The zero-order valence-corrected chi connectivity index (χ0v) is 6.52. The standard InChI is InChI=1S/C9H9FO/c1-6-3-4-9(10)8(5-6)7(2)11/h3-5H,1-2H3/i10-1. The van der Waals surface area contributed by atoms with Gasteiger partial charge in [0.25, 0.3) is 0 Å². The van der Waals surface area contributed by atoms with Gasteiger partial charge in [0.1, 0.15) is 5.82 Å². The number of carbonyl (C=O) groups is 1. The van der Waals surface area contributed by atoms with E-state index in [0.29, 0.717) is 0 Å². The molecule has 0 spiro atoms. The van der Waals surface area contributed by atoms with Crippen LogP contribution in [-0.2, 0) is 0 Å². The first-order valence-corrected chi connectivity index (χ1v) is 3.38. The van der Waals surface area contributed by atoms with Crippen molar-refractivity contribution in [3.63, 3.8) is 0 Å². The number of hydrogen-bond donors (Lipinski definition) is 0. The van der Waals surface area contributed by atoms with Crippen LogP contribution in [-0.4, -0.2) is 5.78 Å². The molecule has 0 aliphatic heterocycles. The maximum atomic E-state index is 12.8. The first kappa shape index (κ1) is 7.92. The molecule has 0 N–H and O–H groups in total. The third-order valence-electron chi connectivity index (χ3n) is 1.50. The van der Waals surface area contributed by atoms with Crippen molar-refractivity contribution in [3.8, 4) is 0 Å². The largest absolute Gasteiger partial charge is 0.294 e. The van der Waals surface area contributed by atoms with Crippen LogP contribution in [0.1, 0.15) is 22.8 Å². The highest BCUT2D eigenvalue weighted by atomic mass is 18.2. The summed E-state index contributed by atoms with van der Waals surface area (Å²) in [7, 11) is 0. The Kier molecular flexibility index (Phi) is 2.03.